The number of fused-ring (bicyclic) bond motifs is 4. The summed E-state index contributed by atoms with van der Waals surface area (Å²) in [5, 5.41) is 2.54. The summed E-state index contributed by atoms with van der Waals surface area (Å²) < 4.78 is 0. The van der Waals surface area contributed by atoms with E-state index in [2.05, 4.69) is 140 Å². The van der Waals surface area contributed by atoms with Gasteiger partial charge in [0.05, 0.1) is 11.4 Å². The second kappa shape index (κ2) is 11.5. The summed E-state index contributed by atoms with van der Waals surface area (Å²) in [6.45, 7) is 4.70. The summed E-state index contributed by atoms with van der Waals surface area (Å²) in [5.41, 5.74) is 14.7. The van der Waals surface area contributed by atoms with Crippen LogP contribution in [0.3, 0.4) is 0 Å². The SMILES string of the molecule is CC1(C)c2cc3ccccc3cc2-c2c(-c3ccccc3-c3cc(-c4cccc(-c5ccncc5)c4)nc(-c4ccccc4)n3)cccc21. The molecule has 1 aliphatic carbocycles. The van der Waals surface area contributed by atoms with E-state index in [1.54, 1.807) is 0 Å². The van der Waals surface area contributed by atoms with Crippen molar-refractivity contribution in [1.82, 2.24) is 15.0 Å². The van der Waals surface area contributed by atoms with Gasteiger partial charge in [0, 0.05) is 34.5 Å². The van der Waals surface area contributed by atoms with Gasteiger partial charge in [-0.15, -0.1) is 0 Å². The lowest BCUT2D eigenvalue weighted by atomic mass is 9.81. The number of aromatic nitrogens is 3. The van der Waals surface area contributed by atoms with Crippen LogP contribution in [0, 0.1) is 0 Å². The van der Waals surface area contributed by atoms with E-state index in [9.17, 15) is 0 Å². The zero-order valence-corrected chi connectivity index (χ0v) is 27.4. The molecule has 6 aromatic carbocycles. The minimum atomic E-state index is -0.123. The van der Waals surface area contributed by atoms with Crippen LogP contribution in [-0.4, -0.2) is 15.0 Å². The molecule has 0 fully saturated rings. The predicted octanol–water partition coefficient (Wildman–Crippen LogP) is 11.7. The fourth-order valence-electron chi connectivity index (χ4n) is 7.49. The second-order valence-corrected chi connectivity index (χ2v) is 13.3. The number of benzene rings is 6. The third-order valence-electron chi connectivity index (χ3n) is 9.99. The molecule has 0 radical (unpaired) electrons. The molecule has 8 aromatic rings. The fraction of sp³-hybridized carbons (Fsp3) is 0.0652. The minimum absolute atomic E-state index is 0.123. The summed E-state index contributed by atoms with van der Waals surface area (Å²) in [6.07, 6.45) is 3.66. The van der Waals surface area contributed by atoms with Gasteiger partial charge in [-0.05, 0) is 91.7 Å². The van der Waals surface area contributed by atoms with Gasteiger partial charge in [-0.25, -0.2) is 9.97 Å². The molecule has 0 atom stereocenters. The maximum absolute atomic E-state index is 5.25. The van der Waals surface area contributed by atoms with Crippen LogP contribution in [-0.2, 0) is 5.41 Å². The van der Waals surface area contributed by atoms with Crippen molar-refractivity contribution >= 4 is 10.8 Å². The van der Waals surface area contributed by atoms with Crippen molar-refractivity contribution in [2.75, 3.05) is 0 Å². The van der Waals surface area contributed by atoms with Crippen molar-refractivity contribution in [3.63, 3.8) is 0 Å². The van der Waals surface area contributed by atoms with Gasteiger partial charge in [0.15, 0.2) is 5.82 Å². The first-order valence-corrected chi connectivity index (χ1v) is 16.8. The first kappa shape index (κ1) is 29.0. The van der Waals surface area contributed by atoms with Gasteiger partial charge < -0.3 is 0 Å². The van der Waals surface area contributed by atoms with E-state index >= 15 is 0 Å². The van der Waals surface area contributed by atoms with Crippen LogP contribution in [0.4, 0.5) is 0 Å². The second-order valence-electron chi connectivity index (χ2n) is 13.3. The lowest BCUT2D eigenvalue weighted by Crippen LogP contribution is -2.14. The van der Waals surface area contributed by atoms with E-state index in [4.69, 9.17) is 9.97 Å². The number of rotatable bonds is 5. The highest BCUT2D eigenvalue weighted by atomic mass is 14.9. The maximum Gasteiger partial charge on any atom is 0.160 e. The molecule has 0 bridgehead atoms. The molecular formula is C46H33N3. The van der Waals surface area contributed by atoms with E-state index in [1.807, 2.05) is 42.7 Å². The zero-order chi connectivity index (χ0) is 33.0. The van der Waals surface area contributed by atoms with Crippen LogP contribution < -0.4 is 0 Å². The Bertz CT molecular complexity index is 2520. The molecular weight excluding hydrogens is 595 g/mol. The molecule has 3 nitrogen and oxygen atoms in total. The molecule has 2 aromatic heterocycles. The first-order valence-electron chi connectivity index (χ1n) is 16.8. The van der Waals surface area contributed by atoms with Crippen molar-refractivity contribution < 1.29 is 0 Å². The summed E-state index contributed by atoms with van der Waals surface area (Å²) in [5.74, 6) is 0.702. The Kier molecular flexibility index (Phi) is 6.80. The molecule has 49 heavy (non-hydrogen) atoms. The average molecular weight is 628 g/mol. The molecule has 0 N–H and O–H groups in total. The first-order chi connectivity index (χ1) is 24.0. The Hall–Kier alpha value is -6.19. The maximum atomic E-state index is 5.25. The Morgan fingerprint density at radius 1 is 0.408 bits per heavy atom. The molecule has 9 rings (SSSR count). The highest BCUT2D eigenvalue weighted by Gasteiger charge is 2.37. The normalized spacial score (nSPS) is 12.9. The van der Waals surface area contributed by atoms with Crippen molar-refractivity contribution in [2.24, 2.45) is 0 Å². The van der Waals surface area contributed by atoms with Gasteiger partial charge >= 0.3 is 0 Å². The average Bonchev–Trinajstić information content (AvgIpc) is 3.39. The number of hydrogen-bond donors (Lipinski definition) is 0. The van der Waals surface area contributed by atoms with Crippen LogP contribution in [0.1, 0.15) is 25.0 Å². The number of hydrogen-bond acceptors (Lipinski definition) is 3. The van der Waals surface area contributed by atoms with Gasteiger partial charge in [0.25, 0.3) is 0 Å². The van der Waals surface area contributed by atoms with Gasteiger partial charge in [0.2, 0.25) is 0 Å². The quantitative estimate of drug-likeness (QED) is 0.191. The lowest BCUT2D eigenvalue weighted by molar-refractivity contribution is 0.661. The Morgan fingerprint density at radius 3 is 1.86 bits per heavy atom. The molecule has 0 aliphatic heterocycles. The predicted molar refractivity (Wildman–Crippen MR) is 202 cm³/mol. The minimum Gasteiger partial charge on any atom is -0.265 e. The smallest absolute Gasteiger partial charge is 0.160 e. The van der Waals surface area contributed by atoms with E-state index in [1.165, 1.54) is 38.6 Å². The summed E-state index contributed by atoms with van der Waals surface area (Å²) in [4.78, 5) is 14.6. The topological polar surface area (TPSA) is 38.7 Å². The standard InChI is InChI=1S/C46H33N3/c1-46(2)40-21-11-20-38(44(40)39-27-33-14-6-7-15-34(33)28-41(39)46)36-18-8-9-19-37(36)43-29-42(48-45(49-43)31-12-4-3-5-13-31)35-17-10-16-32(26-35)30-22-24-47-25-23-30/h3-29H,1-2H3. The van der Waals surface area contributed by atoms with E-state index in [-0.39, 0.29) is 5.41 Å². The Labute approximate surface area is 286 Å². The molecule has 3 heteroatoms. The van der Waals surface area contributed by atoms with E-state index in [0.717, 1.165) is 44.8 Å². The van der Waals surface area contributed by atoms with E-state index in [0.29, 0.717) is 5.82 Å². The number of pyridine rings is 1. The third kappa shape index (κ3) is 4.94. The summed E-state index contributed by atoms with van der Waals surface area (Å²) in [6, 6.07) is 54.0. The molecule has 0 saturated carbocycles. The highest BCUT2D eigenvalue weighted by molar-refractivity contribution is 6.00. The van der Waals surface area contributed by atoms with Crippen LogP contribution in [0.5, 0.6) is 0 Å². The van der Waals surface area contributed by atoms with Gasteiger partial charge in [-0.3, -0.25) is 4.98 Å². The lowest BCUT2D eigenvalue weighted by Gasteiger charge is -2.22. The molecule has 0 saturated heterocycles. The van der Waals surface area contributed by atoms with Crippen LogP contribution in [0.15, 0.2) is 164 Å². The molecule has 1 aliphatic rings. The van der Waals surface area contributed by atoms with Gasteiger partial charge in [-0.1, -0.05) is 129 Å². The number of nitrogens with zero attached hydrogens (tertiary/aromatic N) is 3. The van der Waals surface area contributed by atoms with E-state index < -0.39 is 0 Å². The molecule has 0 amide bonds. The Balaban J connectivity index is 1.26. The fourth-order valence-corrected chi connectivity index (χ4v) is 7.49. The monoisotopic (exact) mass is 627 g/mol. The van der Waals surface area contributed by atoms with Crippen molar-refractivity contribution in [3.8, 4) is 67.3 Å². The molecule has 0 unspecified atom stereocenters. The summed E-state index contributed by atoms with van der Waals surface area (Å²) >= 11 is 0. The molecule has 0 spiro atoms. The van der Waals surface area contributed by atoms with Gasteiger partial charge in [-0.2, -0.15) is 0 Å². The zero-order valence-electron chi connectivity index (χ0n) is 27.4. The van der Waals surface area contributed by atoms with Crippen LogP contribution in [0.25, 0.3) is 78.1 Å². The molecule has 232 valence electrons. The highest BCUT2D eigenvalue weighted by Crippen LogP contribution is 2.54. The van der Waals surface area contributed by atoms with Crippen molar-refractivity contribution in [1.29, 1.82) is 0 Å². The van der Waals surface area contributed by atoms with Crippen LogP contribution in [0.2, 0.25) is 0 Å². The van der Waals surface area contributed by atoms with Gasteiger partial charge in [0.1, 0.15) is 0 Å². The van der Waals surface area contributed by atoms with Crippen molar-refractivity contribution in [3.05, 3.63) is 175 Å². The Morgan fingerprint density at radius 2 is 1.04 bits per heavy atom. The summed E-state index contributed by atoms with van der Waals surface area (Å²) in [7, 11) is 0. The third-order valence-corrected chi connectivity index (χ3v) is 9.99. The van der Waals surface area contributed by atoms with Crippen LogP contribution >= 0.6 is 0 Å². The molecule has 2 heterocycles. The largest absolute Gasteiger partial charge is 0.265 e. The van der Waals surface area contributed by atoms with Crippen molar-refractivity contribution in [2.45, 2.75) is 19.3 Å².